The van der Waals surface area contributed by atoms with E-state index in [1.165, 1.54) is 16.9 Å². The minimum atomic E-state index is -3.52. The highest BCUT2D eigenvalue weighted by Crippen LogP contribution is 2.29. The van der Waals surface area contributed by atoms with E-state index in [2.05, 4.69) is 39.8 Å². The maximum Gasteiger partial charge on any atom is 0.243 e. The van der Waals surface area contributed by atoms with Gasteiger partial charge in [-0.1, -0.05) is 66.2 Å². The number of thiazole rings is 1. The molecular weight excluding hydrogens is 524 g/mol. The molecule has 1 aliphatic heterocycles. The van der Waals surface area contributed by atoms with Crippen LogP contribution < -0.4 is 5.43 Å². The molecule has 0 aliphatic carbocycles. The second-order valence-electron chi connectivity index (χ2n) is 9.02. The number of anilines is 1. The van der Waals surface area contributed by atoms with Crippen LogP contribution in [0.3, 0.4) is 0 Å². The predicted molar refractivity (Wildman–Crippen MR) is 152 cm³/mol. The number of piperidine rings is 1. The summed E-state index contributed by atoms with van der Waals surface area (Å²) in [6.45, 7) is 1.11. The molecule has 1 N–H and O–H groups in total. The molecule has 6 nitrogen and oxygen atoms in total. The molecule has 0 atom stereocenters. The number of halogens is 1. The van der Waals surface area contributed by atoms with Gasteiger partial charge >= 0.3 is 0 Å². The lowest BCUT2D eigenvalue weighted by atomic mass is 9.91. The SMILES string of the molecule is O=S(=O)(c1ccc(-c2csc(N/N=C/c3ccc(Cl)cc3)n2)cc1)N1CCC(Cc2ccccc2)CC1. The van der Waals surface area contributed by atoms with Gasteiger partial charge in [-0.15, -0.1) is 11.3 Å². The topological polar surface area (TPSA) is 74.7 Å². The van der Waals surface area contributed by atoms with Crippen LogP contribution in [0.5, 0.6) is 0 Å². The number of aromatic nitrogens is 1. The molecule has 1 aliphatic rings. The lowest BCUT2D eigenvalue weighted by molar-refractivity contribution is 0.273. The lowest BCUT2D eigenvalue weighted by Crippen LogP contribution is -2.38. The van der Waals surface area contributed by atoms with E-state index in [9.17, 15) is 8.42 Å². The van der Waals surface area contributed by atoms with Crippen LogP contribution in [0.4, 0.5) is 5.13 Å². The van der Waals surface area contributed by atoms with Gasteiger partial charge in [-0.2, -0.15) is 9.41 Å². The van der Waals surface area contributed by atoms with E-state index in [0.29, 0.717) is 34.1 Å². The molecule has 5 rings (SSSR count). The molecule has 0 bridgehead atoms. The number of rotatable bonds is 8. The number of hydrogen-bond donors (Lipinski definition) is 1. The van der Waals surface area contributed by atoms with Crippen molar-refractivity contribution in [3.63, 3.8) is 0 Å². The van der Waals surface area contributed by atoms with Crippen molar-refractivity contribution in [1.82, 2.24) is 9.29 Å². The first-order valence-corrected chi connectivity index (χ1v) is 14.8. The first-order chi connectivity index (χ1) is 18.0. The standard InChI is InChI=1S/C28H27ClN4O2S2/c29-25-10-6-23(7-11-25)19-30-32-28-31-27(20-36-28)24-8-12-26(13-9-24)37(34,35)33-16-14-22(15-17-33)18-21-4-2-1-3-5-21/h1-13,19-20,22H,14-18H2,(H,31,32)/b30-19+. The van der Waals surface area contributed by atoms with Crippen LogP contribution in [-0.4, -0.2) is 37.0 Å². The Hall–Kier alpha value is -3.04. The Labute approximate surface area is 226 Å². The van der Waals surface area contributed by atoms with Crippen LogP contribution in [0.2, 0.25) is 5.02 Å². The van der Waals surface area contributed by atoms with E-state index in [4.69, 9.17) is 11.6 Å². The maximum absolute atomic E-state index is 13.2. The third kappa shape index (κ3) is 6.45. The molecule has 3 aromatic carbocycles. The van der Waals surface area contributed by atoms with Crippen LogP contribution in [0.15, 0.2) is 94.2 Å². The predicted octanol–water partition coefficient (Wildman–Crippen LogP) is 6.55. The summed E-state index contributed by atoms with van der Waals surface area (Å²) in [7, 11) is -3.52. The summed E-state index contributed by atoms with van der Waals surface area (Å²) < 4.78 is 28.1. The zero-order valence-electron chi connectivity index (χ0n) is 20.1. The monoisotopic (exact) mass is 550 g/mol. The fourth-order valence-corrected chi connectivity index (χ4v) is 6.68. The highest BCUT2D eigenvalue weighted by atomic mass is 35.5. The maximum atomic E-state index is 13.2. The molecule has 1 saturated heterocycles. The fourth-order valence-electron chi connectivity index (χ4n) is 4.42. The van der Waals surface area contributed by atoms with E-state index in [1.807, 2.05) is 47.8 Å². The van der Waals surface area contributed by atoms with Gasteiger partial charge in [0.25, 0.3) is 0 Å². The first kappa shape index (κ1) is 25.6. The Bertz CT molecular complexity index is 1450. The summed E-state index contributed by atoms with van der Waals surface area (Å²) in [5, 5.41) is 7.46. The van der Waals surface area contributed by atoms with Crippen molar-refractivity contribution in [3.05, 3.63) is 100 Å². The van der Waals surface area contributed by atoms with E-state index < -0.39 is 10.0 Å². The highest BCUT2D eigenvalue weighted by molar-refractivity contribution is 7.89. The molecule has 0 spiro atoms. The molecule has 1 fully saturated rings. The smallest absolute Gasteiger partial charge is 0.243 e. The number of nitrogens with zero attached hydrogens (tertiary/aromatic N) is 3. The quantitative estimate of drug-likeness (QED) is 0.199. The van der Waals surface area contributed by atoms with Gasteiger partial charge in [0, 0.05) is 29.1 Å². The first-order valence-electron chi connectivity index (χ1n) is 12.1. The Morgan fingerprint density at radius 3 is 2.41 bits per heavy atom. The molecular formula is C28H27ClN4O2S2. The van der Waals surface area contributed by atoms with Gasteiger partial charge in [-0.05, 0) is 60.6 Å². The van der Waals surface area contributed by atoms with Gasteiger partial charge in [0.2, 0.25) is 15.2 Å². The summed E-state index contributed by atoms with van der Waals surface area (Å²) in [6, 6.07) is 24.7. The zero-order chi connectivity index (χ0) is 25.7. The van der Waals surface area contributed by atoms with Crippen molar-refractivity contribution >= 4 is 44.3 Å². The van der Waals surface area contributed by atoms with Crippen LogP contribution in [-0.2, 0) is 16.4 Å². The molecule has 37 heavy (non-hydrogen) atoms. The van der Waals surface area contributed by atoms with Crippen LogP contribution in [0.25, 0.3) is 11.3 Å². The lowest BCUT2D eigenvalue weighted by Gasteiger charge is -2.31. The molecule has 9 heteroatoms. The molecule has 2 heterocycles. The average molecular weight is 551 g/mol. The van der Waals surface area contributed by atoms with Crippen molar-refractivity contribution in [3.8, 4) is 11.3 Å². The van der Waals surface area contributed by atoms with Crippen LogP contribution in [0.1, 0.15) is 24.0 Å². The van der Waals surface area contributed by atoms with E-state index in [-0.39, 0.29) is 0 Å². The molecule has 0 amide bonds. The molecule has 0 unspecified atom stereocenters. The van der Waals surface area contributed by atoms with Crippen molar-refractivity contribution in [2.24, 2.45) is 11.0 Å². The minimum Gasteiger partial charge on any atom is -0.253 e. The normalized spacial score (nSPS) is 15.3. The van der Waals surface area contributed by atoms with Gasteiger partial charge < -0.3 is 0 Å². The summed E-state index contributed by atoms with van der Waals surface area (Å²) in [5.74, 6) is 0.513. The summed E-state index contributed by atoms with van der Waals surface area (Å²) in [6.07, 6.45) is 4.45. The van der Waals surface area contributed by atoms with E-state index in [0.717, 1.165) is 36.1 Å². The number of hydrogen-bond acceptors (Lipinski definition) is 6. The highest BCUT2D eigenvalue weighted by Gasteiger charge is 2.29. The summed E-state index contributed by atoms with van der Waals surface area (Å²) in [5.41, 5.74) is 6.79. The largest absolute Gasteiger partial charge is 0.253 e. The van der Waals surface area contributed by atoms with Crippen molar-refractivity contribution in [2.75, 3.05) is 18.5 Å². The van der Waals surface area contributed by atoms with Gasteiger partial charge in [-0.3, -0.25) is 5.43 Å². The zero-order valence-corrected chi connectivity index (χ0v) is 22.5. The second-order valence-corrected chi connectivity index (χ2v) is 12.3. The number of hydrazone groups is 1. The number of sulfonamides is 1. The summed E-state index contributed by atoms with van der Waals surface area (Å²) >= 11 is 7.33. The average Bonchev–Trinajstić information content (AvgIpc) is 3.40. The van der Waals surface area contributed by atoms with Gasteiger partial charge in [0.15, 0.2) is 0 Å². The molecule has 190 valence electrons. The molecule has 0 saturated carbocycles. The Balaban J connectivity index is 1.18. The third-order valence-electron chi connectivity index (χ3n) is 6.48. The Morgan fingerprint density at radius 1 is 1.00 bits per heavy atom. The molecule has 1 aromatic heterocycles. The second kappa shape index (κ2) is 11.6. The third-order valence-corrected chi connectivity index (χ3v) is 9.39. The number of benzene rings is 3. The van der Waals surface area contributed by atoms with Crippen LogP contribution in [0, 0.1) is 5.92 Å². The van der Waals surface area contributed by atoms with Crippen molar-refractivity contribution in [1.29, 1.82) is 0 Å². The van der Waals surface area contributed by atoms with Gasteiger partial charge in [0.05, 0.1) is 16.8 Å². The Kier molecular flexibility index (Phi) is 8.00. The molecule has 4 aromatic rings. The van der Waals surface area contributed by atoms with Gasteiger partial charge in [0.1, 0.15) is 0 Å². The Morgan fingerprint density at radius 2 is 1.70 bits per heavy atom. The fraction of sp³-hybridized carbons (Fsp3) is 0.214. The summed E-state index contributed by atoms with van der Waals surface area (Å²) in [4.78, 5) is 4.88. The number of nitrogens with one attached hydrogen (secondary N) is 1. The molecule has 0 radical (unpaired) electrons. The van der Waals surface area contributed by atoms with E-state index in [1.54, 1.807) is 22.7 Å². The van der Waals surface area contributed by atoms with Gasteiger partial charge in [-0.25, -0.2) is 13.4 Å². The minimum absolute atomic E-state index is 0.318. The van der Waals surface area contributed by atoms with Crippen molar-refractivity contribution in [2.45, 2.75) is 24.2 Å². The van der Waals surface area contributed by atoms with Crippen molar-refractivity contribution < 1.29 is 8.42 Å². The van der Waals surface area contributed by atoms with Crippen LogP contribution >= 0.6 is 22.9 Å². The van der Waals surface area contributed by atoms with E-state index >= 15 is 0 Å².